The molecule has 2 aromatic carbocycles. The number of nitrogens with zero attached hydrogens (tertiary/aromatic N) is 2. The molecule has 0 aliphatic rings. The first kappa shape index (κ1) is 19.2. The van der Waals surface area contributed by atoms with Gasteiger partial charge in [-0.25, -0.2) is 4.79 Å². The highest BCUT2D eigenvalue weighted by molar-refractivity contribution is 7.10. The molecule has 4 rings (SSSR count). The van der Waals surface area contributed by atoms with Crippen LogP contribution in [0, 0.1) is 6.92 Å². The number of fused-ring (bicyclic) bond motifs is 1. The first-order valence-electron chi connectivity index (χ1n) is 9.58. The number of aryl methyl sites for hydroxylation is 3. The molecular weight excluding hydrogens is 382 g/mol. The molecule has 0 spiro atoms. The fourth-order valence-electron chi connectivity index (χ4n) is 3.56. The van der Waals surface area contributed by atoms with Gasteiger partial charge in [-0.2, -0.15) is 0 Å². The van der Waals surface area contributed by atoms with Gasteiger partial charge in [-0.3, -0.25) is 13.9 Å². The second kappa shape index (κ2) is 8.09. The summed E-state index contributed by atoms with van der Waals surface area (Å²) in [6.45, 7) is 2.39. The van der Waals surface area contributed by atoms with Crippen LogP contribution in [0.3, 0.4) is 0 Å². The second-order valence-electron chi connectivity index (χ2n) is 7.16. The summed E-state index contributed by atoms with van der Waals surface area (Å²) in [4.78, 5) is 26.4. The van der Waals surface area contributed by atoms with Crippen molar-refractivity contribution in [3.63, 3.8) is 0 Å². The molecule has 4 aromatic rings. The molecule has 0 aliphatic heterocycles. The summed E-state index contributed by atoms with van der Waals surface area (Å²) >= 11 is 1.62. The van der Waals surface area contributed by atoms with Gasteiger partial charge in [0, 0.05) is 24.9 Å². The zero-order chi connectivity index (χ0) is 20.4. The fourth-order valence-corrected chi connectivity index (χ4v) is 4.36. The molecule has 2 heterocycles. The van der Waals surface area contributed by atoms with Crippen molar-refractivity contribution in [1.82, 2.24) is 14.5 Å². The highest BCUT2D eigenvalue weighted by atomic mass is 32.1. The van der Waals surface area contributed by atoms with Crippen molar-refractivity contribution in [2.24, 2.45) is 7.05 Å². The van der Waals surface area contributed by atoms with Crippen molar-refractivity contribution < 1.29 is 4.79 Å². The Morgan fingerprint density at radius 2 is 1.76 bits per heavy atom. The minimum Gasteiger partial charge on any atom is -0.344 e. The number of amides is 1. The van der Waals surface area contributed by atoms with Crippen LogP contribution < -0.4 is 11.0 Å². The Morgan fingerprint density at radius 3 is 2.45 bits per heavy atom. The first-order valence-corrected chi connectivity index (χ1v) is 10.5. The summed E-state index contributed by atoms with van der Waals surface area (Å²) in [5, 5.41) is 5.16. The van der Waals surface area contributed by atoms with E-state index in [1.165, 1.54) is 5.56 Å². The molecule has 0 saturated heterocycles. The van der Waals surface area contributed by atoms with Gasteiger partial charge in [0.25, 0.3) is 0 Å². The number of nitrogens with one attached hydrogen (secondary N) is 1. The molecule has 148 valence electrons. The number of thiophene rings is 1. The number of imidazole rings is 1. The SMILES string of the molecule is Cc1ccc(C(NC(=O)CCn2c(=O)n(C)c3ccccc32)c2cccs2)cc1. The van der Waals surface area contributed by atoms with Gasteiger partial charge in [0.15, 0.2) is 0 Å². The number of rotatable bonds is 6. The molecule has 29 heavy (non-hydrogen) atoms. The van der Waals surface area contributed by atoms with Gasteiger partial charge in [-0.1, -0.05) is 48.0 Å². The van der Waals surface area contributed by atoms with Crippen LogP contribution in [0.2, 0.25) is 0 Å². The highest BCUT2D eigenvalue weighted by Gasteiger charge is 2.18. The molecule has 0 aliphatic carbocycles. The summed E-state index contributed by atoms with van der Waals surface area (Å²) in [6, 6.07) is 19.7. The average Bonchev–Trinajstić information content (AvgIpc) is 3.34. The summed E-state index contributed by atoms with van der Waals surface area (Å²) in [5.74, 6) is -0.0798. The number of aromatic nitrogens is 2. The van der Waals surface area contributed by atoms with E-state index in [0.29, 0.717) is 6.54 Å². The monoisotopic (exact) mass is 405 g/mol. The number of para-hydroxylation sites is 2. The van der Waals surface area contributed by atoms with Gasteiger partial charge in [-0.15, -0.1) is 11.3 Å². The van der Waals surface area contributed by atoms with Crippen LogP contribution in [-0.4, -0.2) is 15.0 Å². The van der Waals surface area contributed by atoms with Crippen molar-refractivity contribution in [2.75, 3.05) is 0 Å². The molecule has 6 heteroatoms. The van der Waals surface area contributed by atoms with Gasteiger partial charge in [0.2, 0.25) is 5.91 Å². The predicted octanol–water partition coefficient (Wildman–Crippen LogP) is 4.01. The normalized spacial score (nSPS) is 12.2. The minimum atomic E-state index is -0.188. The van der Waals surface area contributed by atoms with Gasteiger partial charge in [0.1, 0.15) is 0 Å². The Balaban J connectivity index is 1.53. The van der Waals surface area contributed by atoms with E-state index in [2.05, 4.69) is 29.6 Å². The molecule has 0 saturated carbocycles. The Bertz CT molecular complexity index is 1190. The van der Waals surface area contributed by atoms with Crippen LogP contribution in [0.15, 0.2) is 70.8 Å². The van der Waals surface area contributed by atoms with E-state index >= 15 is 0 Å². The van der Waals surface area contributed by atoms with E-state index in [0.717, 1.165) is 21.5 Å². The van der Waals surface area contributed by atoms with E-state index in [1.54, 1.807) is 27.5 Å². The Kier molecular flexibility index (Phi) is 5.36. The quantitative estimate of drug-likeness (QED) is 0.527. The standard InChI is InChI=1S/C23H23N3O2S/c1-16-9-11-17(12-10-16)22(20-8-5-15-29-20)24-21(27)13-14-26-19-7-4-3-6-18(19)25(2)23(26)28/h3-12,15,22H,13-14H2,1-2H3,(H,24,27). The van der Waals surface area contributed by atoms with Gasteiger partial charge >= 0.3 is 5.69 Å². The second-order valence-corrected chi connectivity index (χ2v) is 8.14. The molecule has 1 unspecified atom stereocenters. The smallest absolute Gasteiger partial charge is 0.328 e. The molecule has 0 bridgehead atoms. The topological polar surface area (TPSA) is 56.0 Å². The molecule has 1 N–H and O–H groups in total. The van der Waals surface area contributed by atoms with Crippen LogP contribution in [0.25, 0.3) is 11.0 Å². The maximum atomic E-state index is 12.8. The fraction of sp³-hybridized carbons (Fsp3) is 0.217. The number of hydrogen-bond donors (Lipinski definition) is 1. The predicted molar refractivity (Wildman–Crippen MR) is 117 cm³/mol. The molecule has 2 aromatic heterocycles. The zero-order valence-corrected chi connectivity index (χ0v) is 17.3. The van der Waals surface area contributed by atoms with E-state index in [4.69, 9.17) is 0 Å². The number of hydrogen-bond acceptors (Lipinski definition) is 3. The van der Waals surface area contributed by atoms with E-state index in [9.17, 15) is 9.59 Å². The first-order chi connectivity index (χ1) is 14.0. The van der Waals surface area contributed by atoms with Crippen molar-refractivity contribution >= 4 is 28.3 Å². The zero-order valence-electron chi connectivity index (χ0n) is 16.5. The van der Waals surface area contributed by atoms with Crippen LogP contribution in [0.1, 0.15) is 28.5 Å². The maximum absolute atomic E-state index is 12.8. The lowest BCUT2D eigenvalue weighted by Crippen LogP contribution is -2.31. The van der Waals surface area contributed by atoms with E-state index < -0.39 is 0 Å². The van der Waals surface area contributed by atoms with Crippen LogP contribution in [0.4, 0.5) is 0 Å². The molecule has 5 nitrogen and oxygen atoms in total. The van der Waals surface area contributed by atoms with Crippen molar-refractivity contribution in [3.8, 4) is 0 Å². The number of benzene rings is 2. The lowest BCUT2D eigenvalue weighted by atomic mass is 10.0. The minimum absolute atomic E-state index is 0.0798. The maximum Gasteiger partial charge on any atom is 0.328 e. The van der Waals surface area contributed by atoms with Crippen LogP contribution in [-0.2, 0) is 18.4 Å². The molecular formula is C23H23N3O2S. The molecule has 0 fully saturated rings. The summed E-state index contributed by atoms with van der Waals surface area (Å²) in [7, 11) is 1.76. The Hall–Kier alpha value is -3.12. The largest absolute Gasteiger partial charge is 0.344 e. The summed E-state index contributed by atoms with van der Waals surface area (Å²) in [5.41, 5.74) is 3.84. The summed E-state index contributed by atoms with van der Waals surface area (Å²) < 4.78 is 3.29. The van der Waals surface area contributed by atoms with Crippen molar-refractivity contribution in [2.45, 2.75) is 25.9 Å². The van der Waals surface area contributed by atoms with Gasteiger partial charge < -0.3 is 5.32 Å². The number of carbonyl (C=O) groups excluding carboxylic acids is 1. The Labute approximate surface area is 173 Å². The van der Waals surface area contributed by atoms with Crippen molar-refractivity contribution in [3.05, 3.63) is 92.5 Å². The third-order valence-corrected chi connectivity index (χ3v) is 6.10. The lowest BCUT2D eigenvalue weighted by molar-refractivity contribution is -0.121. The third kappa shape index (κ3) is 3.89. The summed E-state index contributed by atoms with van der Waals surface area (Å²) in [6.07, 6.45) is 0.238. The van der Waals surface area contributed by atoms with Gasteiger partial charge in [-0.05, 0) is 36.1 Å². The van der Waals surface area contributed by atoms with Crippen LogP contribution >= 0.6 is 11.3 Å². The van der Waals surface area contributed by atoms with Gasteiger partial charge in [0.05, 0.1) is 17.1 Å². The highest BCUT2D eigenvalue weighted by Crippen LogP contribution is 2.26. The molecule has 1 amide bonds. The lowest BCUT2D eigenvalue weighted by Gasteiger charge is -2.18. The Morgan fingerprint density at radius 1 is 1.03 bits per heavy atom. The van der Waals surface area contributed by atoms with E-state index in [-0.39, 0.29) is 24.1 Å². The molecule has 0 radical (unpaired) electrons. The average molecular weight is 406 g/mol. The number of carbonyl (C=O) groups is 1. The third-order valence-electron chi connectivity index (χ3n) is 5.16. The molecule has 1 atom stereocenters. The van der Waals surface area contributed by atoms with E-state index in [1.807, 2.05) is 48.7 Å². The van der Waals surface area contributed by atoms with Crippen molar-refractivity contribution in [1.29, 1.82) is 0 Å². The van der Waals surface area contributed by atoms with Crippen LogP contribution in [0.5, 0.6) is 0 Å².